The topological polar surface area (TPSA) is 55.4 Å². The number of hydrogen-bond donors (Lipinski definition) is 1. The van der Waals surface area contributed by atoms with Crippen molar-refractivity contribution in [2.75, 3.05) is 6.61 Å². The third-order valence-electron chi connectivity index (χ3n) is 3.04. The molecule has 1 amide bonds. The predicted molar refractivity (Wildman–Crippen MR) is 87.8 cm³/mol. The molecule has 0 saturated heterocycles. The average Bonchev–Trinajstić information content (AvgIpc) is 3.00. The van der Waals surface area contributed by atoms with Crippen LogP contribution in [0.5, 0.6) is 5.75 Å². The van der Waals surface area contributed by atoms with E-state index in [1.807, 2.05) is 24.4 Å². The van der Waals surface area contributed by atoms with Crippen molar-refractivity contribution in [3.63, 3.8) is 0 Å². The largest absolute Gasteiger partial charge is 0.482 e. The fraction of sp³-hybridized carbons (Fsp3) is 0.250. The van der Waals surface area contributed by atoms with E-state index in [0.29, 0.717) is 16.3 Å². The molecule has 0 saturated carbocycles. The molecular formula is C16H16ClNO3S. The molecule has 22 heavy (non-hydrogen) atoms. The van der Waals surface area contributed by atoms with E-state index in [-0.39, 0.29) is 24.3 Å². The first-order valence-corrected chi connectivity index (χ1v) is 7.99. The van der Waals surface area contributed by atoms with E-state index in [0.717, 1.165) is 4.88 Å². The van der Waals surface area contributed by atoms with Gasteiger partial charge in [-0.15, -0.1) is 11.3 Å². The quantitative estimate of drug-likeness (QED) is 0.814. The molecule has 6 heteroatoms. The molecule has 1 atom stereocenters. The van der Waals surface area contributed by atoms with Crippen LogP contribution in [0.15, 0.2) is 35.7 Å². The van der Waals surface area contributed by atoms with Gasteiger partial charge in [0.1, 0.15) is 5.75 Å². The van der Waals surface area contributed by atoms with Gasteiger partial charge in [-0.3, -0.25) is 9.59 Å². The molecule has 1 heterocycles. The second kappa shape index (κ2) is 7.42. The first-order chi connectivity index (χ1) is 10.5. The number of benzene rings is 1. The van der Waals surface area contributed by atoms with Crippen molar-refractivity contribution in [1.29, 1.82) is 0 Å². The molecule has 0 unspecified atom stereocenters. The molecule has 0 aliphatic carbocycles. The minimum Gasteiger partial charge on any atom is -0.482 e. The van der Waals surface area contributed by atoms with Gasteiger partial charge in [-0.25, -0.2) is 0 Å². The monoisotopic (exact) mass is 337 g/mol. The summed E-state index contributed by atoms with van der Waals surface area (Å²) in [6.07, 6.45) is 0. The van der Waals surface area contributed by atoms with Crippen molar-refractivity contribution in [3.8, 4) is 5.75 Å². The van der Waals surface area contributed by atoms with Crippen molar-refractivity contribution in [2.24, 2.45) is 0 Å². The lowest BCUT2D eigenvalue weighted by atomic mass is 10.1. The second-order valence-electron chi connectivity index (χ2n) is 4.79. The van der Waals surface area contributed by atoms with Gasteiger partial charge in [0.25, 0.3) is 5.91 Å². The zero-order valence-corrected chi connectivity index (χ0v) is 13.8. The summed E-state index contributed by atoms with van der Waals surface area (Å²) in [6.45, 7) is 3.25. The van der Waals surface area contributed by atoms with Crippen molar-refractivity contribution >= 4 is 34.6 Å². The fourth-order valence-electron chi connectivity index (χ4n) is 1.87. The highest BCUT2D eigenvalue weighted by atomic mass is 35.5. The van der Waals surface area contributed by atoms with Crippen LogP contribution < -0.4 is 10.1 Å². The van der Waals surface area contributed by atoms with Crippen LogP contribution in [0.1, 0.15) is 35.1 Å². The number of nitrogens with one attached hydrogen (secondary N) is 1. The maximum absolute atomic E-state index is 11.9. The summed E-state index contributed by atoms with van der Waals surface area (Å²) in [4.78, 5) is 24.2. The number of hydrogen-bond acceptors (Lipinski definition) is 4. The van der Waals surface area contributed by atoms with E-state index in [9.17, 15) is 9.59 Å². The summed E-state index contributed by atoms with van der Waals surface area (Å²) in [7, 11) is 0. The normalized spacial score (nSPS) is 11.8. The van der Waals surface area contributed by atoms with Gasteiger partial charge in [0, 0.05) is 10.4 Å². The lowest BCUT2D eigenvalue weighted by Crippen LogP contribution is -2.30. The first-order valence-electron chi connectivity index (χ1n) is 6.73. The number of ether oxygens (including phenoxy) is 1. The van der Waals surface area contributed by atoms with Gasteiger partial charge >= 0.3 is 0 Å². The third-order valence-corrected chi connectivity index (χ3v) is 4.40. The van der Waals surface area contributed by atoms with Gasteiger partial charge in [-0.05, 0) is 43.5 Å². The molecule has 0 aliphatic heterocycles. The maximum atomic E-state index is 11.9. The van der Waals surface area contributed by atoms with Crippen LogP contribution in [0.4, 0.5) is 0 Å². The molecule has 1 aromatic carbocycles. The highest BCUT2D eigenvalue weighted by Crippen LogP contribution is 2.25. The minimum absolute atomic E-state index is 0.0633. The number of Topliss-reactive ketones (excluding diaryl/α,β-unsaturated/α-hetero) is 1. The lowest BCUT2D eigenvalue weighted by Gasteiger charge is -2.13. The number of ketones is 1. The minimum atomic E-state index is -0.229. The number of rotatable bonds is 6. The lowest BCUT2D eigenvalue weighted by molar-refractivity contribution is -0.123. The smallest absolute Gasteiger partial charge is 0.258 e. The molecule has 0 spiro atoms. The fourth-order valence-corrected chi connectivity index (χ4v) is 2.84. The number of thiophene rings is 1. The van der Waals surface area contributed by atoms with Crippen molar-refractivity contribution < 1.29 is 14.3 Å². The highest BCUT2D eigenvalue weighted by molar-refractivity contribution is 7.10. The van der Waals surface area contributed by atoms with Gasteiger partial charge < -0.3 is 10.1 Å². The van der Waals surface area contributed by atoms with Crippen LogP contribution in [0.25, 0.3) is 0 Å². The average molecular weight is 338 g/mol. The second-order valence-corrected chi connectivity index (χ2v) is 6.18. The van der Waals surface area contributed by atoms with Gasteiger partial charge in [0.05, 0.1) is 11.1 Å². The highest BCUT2D eigenvalue weighted by Gasteiger charge is 2.12. The van der Waals surface area contributed by atoms with Crippen LogP contribution in [-0.4, -0.2) is 18.3 Å². The van der Waals surface area contributed by atoms with Gasteiger partial charge in [0.2, 0.25) is 0 Å². The van der Waals surface area contributed by atoms with E-state index in [2.05, 4.69) is 5.32 Å². The van der Waals surface area contributed by atoms with E-state index in [1.165, 1.54) is 13.0 Å². The Morgan fingerprint density at radius 1 is 1.36 bits per heavy atom. The summed E-state index contributed by atoms with van der Waals surface area (Å²) in [5, 5.41) is 5.13. The Balaban J connectivity index is 1.90. The van der Waals surface area contributed by atoms with E-state index >= 15 is 0 Å². The number of carbonyl (C=O) groups is 2. The summed E-state index contributed by atoms with van der Waals surface area (Å²) in [6, 6.07) is 8.59. The maximum Gasteiger partial charge on any atom is 0.258 e. The van der Waals surface area contributed by atoms with Crippen molar-refractivity contribution in [3.05, 3.63) is 51.2 Å². The number of halogens is 1. The van der Waals surface area contributed by atoms with E-state index in [4.69, 9.17) is 16.3 Å². The summed E-state index contributed by atoms with van der Waals surface area (Å²) in [5.74, 6) is 0.0779. The van der Waals surface area contributed by atoms with Crippen molar-refractivity contribution in [1.82, 2.24) is 5.32 Å². The predicted octanol–water partition coefficient (Wildman–Crippen LogP) is 3.86. The van der Waals surface area contributed by atoms with Crippen LogP contribution in [0.2, 0.25) is 5.02 Å². The standard InChI is InChI=1S/C16H16ClNO3S/c1-10(15-4-3-7-22-15)18-16(20)9-21-14-6-5-12(11(2)19)8-13(14)17/h3-8,10H,9H2,1-2H3,(H,18,20)/t10-/m1/s1. The molecule has 1 aromatic heterocycles. The third kappa shape index (κ3) is 4.32. The summed E-state index contributed by atoms with van der Waals surface area (Å²) >= 11 is 7.62. The van der Waals surface area contributed by atoms with E-state index in [1.54, 1.807) is 23.5 Å². The Hall–Kier alpha value is -1.85. The molecule has 0 radical (unpaired) electrons. The summed E-state index contributed by atoms with van der Waals surface area (Å²) in [5.41, 5.74) is 0.508. The Bertz CT molecular complexity index is 670. The Morgan fingerprint density at radius 2 is 2.14 bits per heavy atom. The molecule has 1 N–H and O–H groups in total. The van der Waals surface area contributed by atoms with Crippen LogP contribution >= 0.6 is 22.9 Å². The molecular weight excluding hydrogens is 322 g/mol. The molecule has 0 bridgehead atoms. The van der Waals surface area contributed by atoms with Crippen LogP contribution in [-0.2, 0) is 4.79 Å². The van der Waals surface area contributed by atoms with E-state index < -0.39 is 0 Å². The molecule has 2 aromatic rings. The number of amides is 1. The zero-order valence-electron chi connectivity index (χ0n) is 12.3. The molecule has 116 valence electrons. The zero-order chi connectivity index (χ0) is 16.1. The van der Waals surface area contributed by atoms with Gasteiger partial charge in [-0.1, -0.05) is 17.7 Å². The van der Waals surface area contributed by atoms with Gasteiger partial charge in [0.15, 0.2) is 12.4 Å². The molecule has 0 fully saturated rings. The Labute approximate surface area is 138 Å². The SMILES string of the molecule is CC(=O)c1ccc(OCC(=O)N[C@H](C)c2cccs2)c(Cl)c1. The molecule has 0 aliphatic rings. The first kappa shape index (κ1) is 16.5. The van der Waals surface area contributed by atoms with Gasteiger partial charge in [-0.2, -0.15) is 0 Å². The summed E-state index contributed by atoms with van der Waals surface area (Å²) < 4.78 is 5.40. The van der Waals surface area contributed by atoms with Crippen LogP contribution in [0.3, 0.4) is 0 Å². The molecule has 4 nitrogen and oxygen atoms in total. The Kier molecular flexibility index (Phi) is 5.57. The Morgan fingerprint density at radius 3 is 2.73 bits per heavy atom. The van der Waals surface area contributed by atoms with Crippen LogP contribution in [0, 0.1) is 0 Å². The molecule has 2 rings (SSSR count). The number of carbonyl (C=O) groups excluding carboxylic acids is 2. The van der Waals surface area contributed by atoms with Crippen molar-refractivity contribution in [2.45, 2.75) is 19.9 Å².